The Morgan fingerprint density at radius 2 is 1.74 bits per heavy atom. The molecule has 0 spiro atoms. The molecule has 4 rings (SSSR count). The van der Waals surface area contributed by atoms with Crippen molar-refractivity contribution in [3.8, 4) is 0 Å². The minimum absolute atomic E-state index is 0.0383. The van der Waals surface area contributed by atoms with Crippen molar-refractivity contribution >= 4 is 21.6 Å². The van der Waals surface area contributed by atoms with Crippen LogP contribution in [-0.4, -0.2) is 32.3 Å². The number of amides is 1. The van der Waals surface area contributed by atoms with Crippen molar-refractivity contribution in [2.75, 3.05) is 11.4 Å². The van der Waals surface area contributed by atoms with Crippen LogP contribution in [-0.2, 0) is 23.0 Å². The molecule has 1 amide bonds. The molecule has 3 aromatic rings. The van der Waals surface area contributed by atoms with E-state index in [2.05, 4.69) is 0 Å². The third-order valence-corrected chi connectivity index (χ3v) is 7.40. The lowest BCUT2D eigenvalue weighted by atomic mass is 10.1. The first-order valence-corrected chi connectivity index (χ1v) is 11.4. The predicted molar refractivity (Wildman–Crippen MR) is 118 cm³/mol. The van der Waals surface area contributed by atoms with Crippen molar-refractivity contribution in [1.29, 1.82) is 0 Å². The topological polar surface area (TPSA) is 57.7 Å². The molecular weight excluding hydrogens is 415 g/mol. The van der Waals surface area contributed by atoms with Gasteiger partial charge < -0.3 is 4.90 Å². The van der Waals surface area contributed by atoms with Gasteiger partial charge in [-0.15, -0.1) is 0 Å². The van der Waals surface area contributed by atoms with Gasteiger partial charge in [-0.3, -0.25) is 9.10 Å². The van der Waals surface area contributed by atoms with Gasteiger partial charge in [-0.2, -0.15) is 0 Å². The normalized spacial score (nSPS) is 15.6. The summed E-state index contributed by atoms with van der Waals surface area (Å²) < 4.78 is 41.0. The SMILES string of the molecule is C[C@H]1Cc2cc(C(=O)N(C)Cc3ccccc3)ccc2N1S(=O)(=O)c1ccc(F)cc1. The van der Waals surface area contributed by atoms with Crippen LogP contribution in [0.2, 0.25) is 0 Å². The standard InChI is InChI=1S/C24H23FN2O3S/c1-17-14-20-15-19(24(28)26(2)16-18-6-4-3-5-7-18)8-13-23(20)27(17)31(29,30)22-11-9-21(25)10-12-22/h3-13,15,17H,14,16H2,1-2H3/t17-/m0/s1. The molecule has 1 aliphatic rings. The molecule has 7 heteroatoms. The Morgan fingerprint density at radius 3 is 2.42 bits per heavy atom. The van der Waals surface area contributed by atoms with Crippen LogP contribution < -0.4 is 4.31 Å². The molecule has 0 fully saturated rings. The number of hydrogen-bond donors (Lipinski definition) is 0. The molecule has 0 aromatic heterocycles. The molecule has 1 atom stereocenters. The fourth-order valence-electron chi connectivity index (χ4n) is 3.97. The van der Waals surface area contributed by atoms with E-state index in [1.807, 2.05) is 37.3 Å². The minimum atomic E-state index is -3.84. The van der Waals surface area contributed by atoms with Crippen LogP contribution in [0.4, 0.5) is 10.1 Å². The summed E-state index contributed by atoms with van der Waals surface area (Å²) in [4.78, 5) is 14.6. The van der Waals surface area contributed by atoms with Gasteiger partial charge in [0.05, 0.1) is 10.6 Å². The lowest BCUT2D eigenvalue weighted by molar-refractivity contribution is 0.0785. The molecule has 0 aliphatic carbocycles. The largest absolute Gasteiger partial charge is 0.337 e. The quantitative estimate of drug-likeness (QED) is 0.599. The minimum Gasteiger partial charge on any atom is -0.337 e. The molecule has 0 saturated carbocycles. The zero-order chi connectivity index (χ0) is 22.2. The van der Waals surface area contributed by atoms with Gasteiger partial charge in [0, 0.05) is 25.2 Å². The second-order valence-electron chi connectivity index (χ2n) is 7.80. The fraction of sp³-hybridized carbons (Fsp3) is 0.208. The molecule has 1 aliphatic heterocycles. The summed E-state index contributed by atoms with van der Waals surface area (Å²) in [6.45, 7) is 2.31. The number of sulfonamides is 1. The third-order valence-electron chi connectivity index (χ3n) is 5.46. The van der Waals surface area contributed by atoms with Crippen molar-refractivity contribution in [3.63, 3.8) is 0 Å². The molecule has 160 valence electrons. The number of rotatable bonds is 5. The Bertz CT molecular complexity index is 1210. The molecule has 1 heterocycles. The maximum absolute atomic E-state index is 13.2. The lowest BCUT2D eigenvalue weighted by Crippen LogP contribution is -2.35. The monoisotopic (exact) mass is 438 g/mol. The molecule has 0 unspecified atom stereocenters. The van der Waals surface area contributed by atoms with Crippen molar-refractivity contribution in [2.24, 2.45) is 0 Å². The van der Waals surface area contributed by atoms with Crippen molar-refractivity contribution < 1.29 is 17.6 Å². The maximum atomic E-state index is 13.2. The third kappa shape index (κ3) is 4.05. The van der Waals surface area contributed by atoms with Crippen LogP contribution in [0, 0.1) is 5.82 Å². The van der Waals surface area contributed by atoms with Crippen LogP contribution in [0.3, 0.4) is 0 Å². The van der Waals surface area contributed by atoms with Crippen LogP contribution in [0.15, 0.2) is 77.7 Å². The predicted octanol–water partition coefficient (Wildman–Crippen LogP) is 4.24. The van der Waals surface area contributed by atoms with Crippen LogP contribution in [0.25, 0.3) is 0 Å². The molecule has 5 nitrogen and oxygen atoms in total. The highest BCUT2D eigenvalue weighted by molar-refractivity contribution is 7.92. The summed E-state index contributed by atoms with van der Waals surface area (Å²) >= 11 is 0. The first-order valence-electron chi connectivity index (χ1n) is 9.99. The Morgan fingerprint density at radius 1 is 1.06 bits per heavy atom. The van der Waals surface area contributed by atoms with E-state index < -0.39 is 15.8 Å². The molecular formula is C24H23FN2O3S. The number of benzene rings is 3. The fourth-order valence-corrected chi connectivity index (χ4v) is 5.66. The Kier molecular flexibility index (Phi) is 5.54. The summed E-state index contributed by atoms with van der Waals surface area (Å²) in [5, 5.41) is 0. The second kappa shape index (κ2) is 8.15. The zero-order valence-electron chi connectivity index (χ0n) is 17.3. The molecule has 0 N–H and O–H groups in total. The molecule has 31 heavy (non-hydrogen) atoms. The van der Waals surface area contributed by atoms with Crippen LogP contribution >= 0.6 is 0 Å². The number of carbonyl (C=O) groups excluding carboxylic acids is 1. The Labute approximate surface area is 181 Å². The highest BCUT2D eigenvalue weighted by Gasteiger charge is 2.36. The number of halogens is 1. The average molecular weight is 439 g/mol. The molecule has 0 bridgehead atoms. The van der Waals surface area contributed by atoms with Crippen LogP contribution in [0.1, 0.15) is 28.4 Å². The van der Waals surface area contributed by atoms with E-state index in [1.54, 1.807) is 30.1 Å². The van der Waals surface area contributed by atoms with E-state index in [0.29, 0.717) is 24.2 Å². The number of nitrogens with zero attached hydrogens (tertiary/aromatic N) is 2. The van der Waals surface area contributed by atoms with E-state index >= 15 is 0 Å². The zero-order valence-corrected chi connectivity index (χ0v) is 18.1. The van der Waals surface area contributed by atoms with Crippen LogP contribution in [0.5, 0.6) is 0 Å². The van der Waals surface area contributed by atoms with Gasteiger partial charge >= 0.3 is 0 Å². The number of hydrogen-bond acceptors (Lipinski definition) is 3. The summed E-state index contributed by atoms with van der Waals surface area (Å²) in [5.74, 6) is -0.615. The van der Waals surface area contributed by atoms with Gasteiger partial charge in [-0.05, 0) is 66.9 Å². The van der Waals surface area contributed by atoms with Gasteiger partial charge in [0.15, 0.2) is 0 Å². The van der Waals surface area contributed by atoms with E-state index in [9.17, 15) is 17.6 Å². The van der Waals surface area contributed by atoms with Crippen molar-refractivity contribution in [1.82, 2.24) is 4.90 Å². The molecule has 0 saturated heterocycles. The summed E-state index contributed by atoms with van der Waals surface area (Å²) in [6.07, 6.45) is 0.499. The smallest absolute Gasteiger partial charge is 0.264 e. The molecule has 3 aromatic carbocycles. The lowest BCUT2D eigenvalue weighted by Gasteiger charge is -2.24. The highest BCUT2D eigenvalue weighted by atomic mass is 32.2. The van der Waals surface area contributed by atoms with Crippen molar-refractivity contribution in [2.45, 2.75) is 30.8 Å². The second-order valence-corrected chi connectivity index (χ2v) is 9.61. The van der Waals surface area contributed by atoms with E-state index in [-0.39, 0.29) is 16.8 Å². The van der Waals surface area contributed by atoms with E-state index in [4.69, 9.17) is 0 Å². The number of carbonyl (C=O) groups is 1. The van der Waals surface area contributed by atoms with Gasteiger partial charge in [0.1, 0.15) is 5.82 Å². The summed E-state index contributed by atoms with van der Waals surface area (Å²) in [6, 6.07) is 19.3. The van der Waals surface area contributed by atoms with Gasteiger partial charge in [-0.25, -0.2) is 12.8 Å². The number of fused-ring (bicyclic) bond motifs is 1. The first-order chi connectivity index (χ1) is 14.8. The maximum Gasteiger partial charge on any atom is 0.264 e. The number of anilines is 1. The highest BCUT2D eigenvalue weighted by Crippen LogP contribution is 2.37. The van der Waals surface area contributed by atoms with E-state index in [1.165, 1.54) is 16.4 Å². The van der Waals surface area contributed by atoms with Crippen molar-refractivity contribution in [3.05, 3.63) is 95.3 Å². The summed E-state index contributed by atoms with van der Waals surface area (Å²) in [7, 11) is -2.09. The van der Waals surface area contributed by atoms with Gasteiger partial charge in [0.25, 0.3) is 15.9 Å². The average Bonchev–Trinajstić information content (AvgIpc) is 3.09. The van der Waals surface area contributed by atoms with Gasteiger partial charge in [-0.1, -0.05) is 30.3 Å². The summed E-state index contributed by atoms with van der Waals surface area (Å²) in [5.41, 5.74) is 2.91. The Hall–Kier alpha value is -3.19. The Balaban J connectivity index is 1.60. The first kappa shape index (κ1) is 21.1. The molecule has 0 radical (unpaired) electrons. The van der Waals surface area contributed by atoms with E-state index in [0.717, 1.165) is 23.3 Å². The van der Waals surface area contributed by atoms with Gasteiger partial charge in [0.2, 0.25) is 0 Å².